The molecule has 0 radical (unpaired) electrons. The summed E-state index contributed by atoms with van der Waals surface area (Å²) in [6.07, 6.45) is 1.92. The van der Waals surface area contributed by atoms with Gasteiger partial charge in [-0.2, -0.15) is 0 Å². The zero-order valence-corrected chi connectivity index (χ0v) is 11.4. The number of benzene rings is 1. The molecule has 3 N–H and O–H groups in total. The summed E-state index contributed by atoms with van der Waals surface area (Å²) in [7, 11) is 0. The number of hydrogen-bond acceptors (Lipinski definition) is 3. The van der Waals surface area contributed by atoms with Crippen molar-refractivity contribution in [2.24, 2.45) is 0 Å². The minimum Gasteiger partial charge on any atom is -0.387 e. The van der Waals surface area contributed by atoms with Crippen LogP contribution in [-0.4, -0.2) is 28.3 Å². The molecule has 0 aromatic heterocycles. The van der Waals surface area contributed by atoms with Gasteiger partial charge in [0.1, 0.15) is 5.60 Å². The average molecular weight is 284 g/mol. The summed E-state index contributed by atoms with van der Waals surface area (Å²) >= 11 is 5.76. The number of carbonyl (C=O) groups is 1. The topological polar surface area (TPSA) is 69.6 Å². The molecule has 0 heterocycles. The van der Waals surface area contributed by atoms with Crippen LogP contribution in [0.3, 0.4) is 0 Å². The van der Waals surface area contributed by atoms with Gasteiger partial charge in [0.15, 0.2) is 0 Å². The van der Waals surface area contributed by atoms with Gasteiger partial charge in [0.05, 0.1) is 6.10 Å². The molecule has 1 aliphatic carbocycles. The van der Waals surface area contributed by atoms with Gasteiger partial charge in [-0.25, -0.2) is 0 Å². The molecular weight excluding hydrogens is 266 g/mol. The van der Waals surface area contributed by atoms with Crippen molar-refractivity contribution < 1.29 is 15.0 Å². The van der Waals surface area contributed by atoms with E-state index in [9.17, 15) is 15.0 Å². The van der Waals surface area contributed by atoms with Gasteiger partial charge in [0.25, 0.3) is 5.91 Å². The van der Waals surface area contributed by atoms with Gasteiger partial charge in [0.2, 0.25) is 0 Å². The number of nitrogens with one attached hydrogen (secondary N) is 1. The maximum absolute atomic E-state index is 11.9. The van der Waals surface area contributed by atoms with Gasteiger partial charge >= 0.3 is 0 Å². The van der Waals surface area contributed by atoms with Crippen molar-refractivity contribution in [1.82, 2.24) is 5.32 Å². The maximum atomic E-state index is 11.9. The zero-order valence-electron chi connectivity index (χ0n) is 10.6. The Morgan fingerprint density at radius 2 is 1.89 bits per heavy atom. The van der Waals surface area contributed by atoms with Gasteiger partial charge in [-0.1, -0.05) is 23.7 Å². The summed E-state index contributed by atoms with van der Waals surface area (Å²) in [5.41, 5.74) is -0.567. The first-order valence-electron chi connectivity index (χ1n) is 6.45. The van der Waals surface area contributed by atoms with Crippen molar-refractivity contribution in [3.63, 3.8) is 0 Å². The fraction of sp³-hybridized carbons (Fsp3) is 0.500. The minimum atomic E-state index is -1.25. The van der Waals surface area contributed by atoms with Crippen molar-refractivity contribution >= 4 is 17.5 Å². The molecule has 0 aliphatic heterocycles. The van der Waals surface area contributed by atoms with Crippen LogP contribution >= 0.6 is 11.6 Å². The van der Waals surface area contributed by atoms with Gasteiger partial charge < -0.3 is 15.5 Å². The lowest BCUT2D eigenvalue weighted by atomic mass is 10.0. The van der Waals surface area contributed by atoms with Crippen molar-refractivity contribution in [2.75, 3.05) is 6.54 Å². The van der Waals surface area contributed by atoms with Crippen LogP contribution in [0.4, 0.5) is 0 Å². The molecule has 1 fully saturated rings. The fourth-order valence-electron chi connectivity index (χ4n) is 2.34. The molecule has 1 aromatic carbocycles. The average Bonchev–Trinajstić information content (AvgIpc) is 2.84. The van der Waals surface area contributed by atoms with Crippen LogP contribution in [0, 0.1) is 0 Å². The van der Waals surface area contributed by atoms with Crippen LogP contribution < -0.4 is 5.32 Å². The number of aliphatic hydroxyl groups excluding tert-OH is 1. The van der Waals surface area contributed by atoms with Crippen LogP contribution in [0.25, 0.3) is 0 Å². The summed E-state index contributed by atoms with van der Waals surface area (Å²) in [5, 5.41) is 23.2. The number of halogens is 1. The van der Waals surface area contributed by atoms with Gasteiger partial charge in [0, 0.05) is 11.6 Å². The van der Waals surface area contributed by atoms with Crippen LogP contribution in [0.5, 0.6) is 0 Å². The minimum absolute atomic E-state index is 0.0861. The Labute approximate surface area is 117 Å². The Morgan fingerprint density at radius 3 is 2.47 bits per heavy atom. The Bertz CT molecular complexity index is 441. The molecule has 1 aromatic rings. The van der Waals surface area contributed by atoms with Crippen LogP contribution in [0.2, 0.25) is 5.02 Å². The highest BCUT2D eigenvalue weighted by atomic mass is 35.5. The maximum Gasteiger partial charge on any atom is 0.252 e. The second kappa shape index (κ2) is 5.90. The van der Waals surface area contributed by atoms with Crippen molar-refractivity contribution in [2.45, 2.75) is 37.4 Å². The SMILES string of the molecule is O=C(NCC(O)c1ccc(Cl)cc1)C1(O)CCCC1. The molecule has 0 bridgehead atoms. The number of aliphatic hydroxyl groups is 2. The van der Waals surface area contributed by atoms with E-state index in [1.54, 1.807) is 24.3 Å². The van der Waals surface area contributed by atoms with Crippen molar-refractivity contribution in [3.05, 3.63) is 34.9 Å². The summed E-state index contributed by atoms with van der Waals surface area (Å²) in [6.45, 7) is 0.0861. The molecule has 104 valence electrons. The summed E-state index contributed by atoms with van der Waals surface area (Å²) in [5.74, 6) is -0.391. The van der Waals surface area contributed by atoms with Gasteiger partial charge in [-0.3, -0.25) is 4.79 Å². The Kier molecular flexibility index (Phi) is 4.45. The third-order valence-electron chi connectivity index (χ3n) is 3.56. The quantitative estimate of drug-likeness (QED) is 0.789. The molecule has 1 aliphatic rings. The highest BCUT2D eigenvalue weighted by Gasteiger charge is 2.38. The molecule has 1 unspecified atom stereocenters. The first kappa shape index (κ1) is 14.3. The normalized spacial score (nSPS) is 19.1. The lowest BCUT2D eigenvalue weighted by Gasteiger charge is -2.22. The van der Waals surface area contributed by atoms with E-state index < -0.39 is 17.6 Å². The van der Waals surface area contributed by atoms with E-state index >= 15 is 0 Å². The standard InChI is InChI=1S/C14H18ClNO3/c15-11-5-3-10(4-6-11)12(17)9-16-13(18)14(19)7-1-2-8-14/h3-6,12,17,19H,1-2,7-9H2,(H,16,18). The monoisotopic (exact) mass is 283 g/mol. The molecular formula is C14H18ClNO3. The van der Waals surface area contributed by atoms with E-state index in [0.29, 0.717) is 23.4 Å². The van der Waals surface area contributed by atoms with Crippen molar-refractivity contribution in [1.29, 1.82) is 0 Å². The molecule has 19 heavy (non-hydrogen) atoms. The third kappa shape index (κ3) is 3.47. The lowest BCUT2D eigenvalue weighted by molar-refractivity contribution is -0.139. The van der Waals surface area contributed by atoms with E-state index in [1.165, 1.54) is 0 Å². The number of carbonyl (C=O) groups excluding carboxylic acids is 1. The molecule has 1 atom stereocenters. The van der Waals surface area contributed by atoms with Crippen LogP contribution in [0.15, 0.2) is 24.3 Å². The Morgan fingerprint density at radius 1 is 1.32 bits per heavy atom. The summed E-state index contributed by atoms with van der Waals surface area (Å²) in [4.78, 5) is 11.9. The molecule has 4 nitrogen and oxygen atoms in total. The molecule has 2 rings (SSSR count). The molecule has 5 heteroatoms. The zero-order chi connectivity index (χ0) is 13.9. The number of hydrogen-bond donors (Lipinski definition) is 3. The predicted octanol–water partition coefficient (Wildman–Crippen LogP) is 1.79. The van der Waals surface area contributed by atoms with Crippen LogP contribution in [0.1, 0.15) is 37.4 Å². The van der Waals surface area contributed by atoms with Crippen LogP contribution in [-0.2, 0) is 4.79 Å². The second-order valence-electron chi connectivity index (χ2n) is 5.02. The number of rotatable bonds is 4. The smallest absolute Gasteiger partial charge is 0.252 e. The second-order valence-corrected chi connectivity index (χ2v) is 5.45. The lowest BCUT2D eigenvalue weighted by Crippen LogP contribution is -2.45. The highest BCUT2D eigenvalue weighted by Crippen LogP contribution is 2.29. The van der Waals surface area contributed by atoms with E-state index in [2.05, 4.69) is 5.32 Å². The van der Waals surface area contributed by atoms with E-state index in [-0.39, 0.29) is 6.54 Å². The summed E-state index contributed by atoms with van der Waals surface area (Å²) < 4.78 is 0. The summed E-state index contributed by atoms with van der Waals surface area (Å²) in [6, 6.07) is 6.80. The third-order valence-corrected chi connectivity index (χ3v) is 3.82. The van der Waals surface area contributed by atoms with Gasteiger partial charge in [-0.15, -0.1) is 0 Å². The molecule has 1 amide bonds. The first-order valence-corrected chi connectivity index (χ1v) is 6.83. The molecule has 0 saturated heterocycles. The fourth-order valence-corrected chi connectivity index (χ4v) is 2.47. The predicted molar refractivity (Wildman–Crippen MR) is 72.8 cm³/mol. The van der Waals surface area contributed by atoms with Crippen molar-refractivity contribution in [3.8, 4) is 0 Å². The first-order chi connectivity index (χ1) is 9.01. The number of amides is 1. The van der Waals surface area contributed by atoms with E-state index in [1.807, 2.05) is 0 Å². The Balaban J connectivity index is 1.88. The molecule has 1 saturated carbocycles. The highest BCUT2D eigenvalue weighted by molar-refractivity contribution is 6.30. The van der Waals surface area contributed by atoms with E-state index in [0.717, 1.165) is 12.8 Å². The van der Waals surface area contributed by atoms with E-state index in [4.69, 9.17) is 11.6 Å². The largest absolute Gasteiger partial charge is 0.387 e. The molecule has 0 spiro atoms. The van der Waals surface area contributed by atoms with Gasteiger partial charge in [-0.05, 0) is 43.4 Å². The Hall–Kier alpha value is -1.10.